The normalized spacial score (nSPS) is 31.1. The van der Waals surface area contributed by atoms with Crippen LogP contribution in [0.3, 0.4) is 0 Å². The number of hydrogen-bond acceptors (Lipinski definition) is 1. The molecule has 1 rings (SSSR count). The van der Waals surface area contributed by atoms with E-state index in [1.54, 1.807) is 6.92 Å². The lowest BCUT2D eigenvalue weighted by atomic mass is 9.82. The van der Waals surface area contributed by atoms with Crippen LogP contribution in [-0.2, 0) is 4.79 Å². The van der Waals surface area contributed by atoms with Crippen molar-refractivity contribution in [3.8, 4) is 0 Å². The zero-order valence-electron chi connectivity index (χ0n) is 10.8. The molecule has 0 bridgehead atoms. The van der Waals surface area contributed by atoms with Gasteiger partial charge in [0.15, 0.2) is 0 Å². The summed E-state index contributed by atoms with van der Waals surface area (Å²) in [7, 11) is 0. The molecular formula is C15H24O. The van der Waals surface area contributed by atoms with Crippen molar-refractivity contribution in [3.63, 3.8) is 0 Å². The first-order valence-electron chi connectivity index (χ1n) is 6.23. The van der Waals surface area contributed by atoms with Crippen LogP contribution in [0.5, 0.6) is 0 Å². The standard InChI is InChI=1S/C15H24O/c1-6-13-8-14(12(5)16)9-15(13)11(4)7-10(2)3/h6,11,13-15H,1-2,7-9H2,3-5H3/t11-,13+,14-,15-/m0/s1. The van der Waals surface area contributed by atoms with Crippen LogP contribution in [0.15, 0.2) is 24.8 Å². The fourth-order valence-electron chi connectivity index (χ4n) is 3.06. The maximum atomic E-state index is 11.4. The molecule has 0 heterocycles. The highest BCUT2D eigenvalue weighted by Crippen LogP contribution is 2.43. The molecular weight excluding hydrogens is 196 g/mol. The van der Waals surface area contributed by atoms with Gasteiger partial charge in [-0.3, -0.25) is 4.79 Å². The van der Waals surface area contributed by atoms with E-state index < -0.39 is 0 Å². The fraction of sp³-hybridized carbons (Fsp3) is 0.667. The summed E-state index contributed by atoms with van der Waals surface area (Å²) in [6.45, 7) is 14.0. The molecule has 0 amide bonds. The van der Waals surface area contributed by atoms with E-state index in [1.807, 2.05) is 6.08 Å². The zero-order valence-corrected chi connectivity index (χ0v) is 10.8. The maximum Gasteiger partial charge on any atom is 0.132 e. The van der Waals surface area contributed by atoms with Gasteiger partial charge in [0.25, 0.3) is 0 Å². The second-order valence-corrected chi connectivity index (χ2v) is 5.48. The molecule has 0 aliphatic heterocycles. The van der Waals surface area contributed by atoms with E-state index in [4.69, 9.17) is 0 Å². The Labute approximate surface area is 99.6 Å². The summed E-state index contributed by atoms with van der Waals surface area (Å²) in [5, 5.41) is 0. The third-order valence-corrected chi connectivity index (χ3v) is 3.94. The van der Waals surface area contributed by atoms with Gasteiger partial charge in [-0.05, 0) is 50.9 Å². The molecule has 0 aromatic rings. The van der Waals surface area contributed by atoms with Crippen LogP contribution >= 0.6 is 0 Å². The Morgan fingerprint density at radius 1 is 1.44 bits per heavy atom. The van der Waals surface area contributed by atoms with Gasteiger partial charge in [0, 0.05) is 5.92 Å². The van der Waals surface area contributed by atoms with Gasteiger partial charge in [-0.15, -0.1) is 13.2 Å². The Kier molecular flexibility index (Phi) is 4.52. The lowest BCUT2D eigenvalue weighted by Crippen LogP contribution is -2.15. The molecule has 4 atom stereocenters. The highest BCUT2D eigenvalue weighted by molar-refractivity contribution is 5.78. The molecule has 0 aromatic carbocycles. The third kappa shape index (κ3) is 3.07. The van der Waals surface area contributed by atoms with E-state index >= 15 is 0 Å². The SMILES string of the molecule is C=C[C@@H]1C[C@H](C(C)=O)C[C@H]1[C@@H](C)CC(=C)C. The van der Waals surface area contributed by atoms with Crippen molar-refractivity contribution in [2.45, 2.75) is 40.0 Å². The minimum absolute atomic E-state index is 0.264. The minimum atomic E-state index is 0.264. The molecule has 1 saturated carbocycles. The van der Waals surface area contributed by atoms with E-state index in [2.05, 4.69) is 27.0 Å². The molecule has 1 aliphatic carbocycles. The average molecular weight is 220 g/mol. The van der Waals surface area contributed by atoms with Crippen LogP contribution in [0.4, 0.5) is 0 Å². The van der Waals surface area contributed by atoms with Crippen molar-refractivity contribution in [1.82, 2.24) is 0 Å². The Bertz CT molecular complexity index is 290. The van der Waals surface area contributed by atoms with Crippen LogP contribution in [-0.4, -0.2) is 5.78 Å². The number of ketones is 1. The van der Waals surface area contributed by atoms with Crippen LogP contribution < -0.4 is 0 Å². The smallest absolute Gasteiger partial charge is 0.132 e. The number of hydrogen-bond donors (Lipinski definition) is 0. The predicted octanol–water partition coefficient (Wildman–Crippen LogP) is 4.01. The van der Waals surface area contributed by atoms with Crippen molar-refractivity contribution in [2.75, 3.05) is 0 Å². The predicted molar refractivity (Wildman–Crippen MR) is 69.2 cm³/mol. The van der Waals surface area contributed by atoms with E-state index in [0.717, 1.165) is 19.3 Å². The summed E-state index contributed by atoms with van der Waals surface area (Å²) in [6.07, 6.45) is 5.16. The molecule has 0 N–H and O–H groups in total. The zero-order chi connectivity index (χ0) is 12.3. The van der Waals surface area contributed by atoms with Gasteiger partial charge in [-0.2, -0.15) is 0 Å². The molecule has 0 saturated heterocycles. The van der Waals surface area contributed by atoms with Crippen LogP contribution in [0.1, 0.15) is 40.0 Å². The van der Waals surface area contributed by atoms with E-state index in [-0.39, 0.29) is 5.92 Å². The molecule has 1 heteroatoms. The number of allylic oxidation sites excluding steroid dienone is 2. The second-order valence-electron chi connectivity index (χ2n) is 5.48. The summed E-state index contributed by atoms with van der Waals surface area (Å²) in [5.74, 6) is 2.36. The van der Waals surface area contributed by atoms with Gasteiger partial charge < -0.3 is 0 Å². The molecule has 0 aromatic heterocycles. The molecule has 1 fully saturated rings. The monoisotopic (exact) mass is 220 g/mol. The summed E-state index contributed by atoms with van der Waals surface area (Å²) in [6, 6.07) is 0. The van der Waals surface area contributed by atoms with Gasteiger partial charge in [-0.25, -0.2) is 0 Å². The lowest BCUT2D eigenvalue weighted by Gasteiger charge is -2.23. The molecule has 0 radical (unpaired) electrons. The third-order valence-electron chi connectivity index (χ3n) is 3.94. The topological polar surface area (TPSA) is 17.1 Å². The van der Waals surface area contributed by atoms with E-state index in [9.17, 15) is 4.79 Å². The molecule has 1 nitrogen and oxygen atoms in total. The van der Waals surface area contributed by atoms with Crippen molar-refractivity contribution in [2.24, 2.45) is 23.7 Å². The Morgan fingerprint density at radius 3 is 2.50 bits per heavy atom. The summed E-state index contributed by atoms with van der Waals surface area (Å²) < 4.78 is 0. The van der Waals surface area contributed by atoms with Crippen LogP contribution in [0.2, 0.25) is 0 Å². The summed E-state index contributed by atoms with van der Waals surface area (Å²) in [5.41, 5.74) is 1.24. The highest BCUT2D eigenvalue weighted by atomic mass is 16.1. The first-order valence-corrected chi connectivity index (χ1v) is 6.23. The average Bonchev–Trinajstić information content (AvgIpc) is 2.60. The van der Waals surface area contributed by atoms with E-state index in [1.165, 1.54) is 5.57 Å². The van der Waals surface area contributed by atoms with Crippen LogP contribution in [0, 0.1) is 23.7 Å². The molecule has 1 aliphatic rings. The lowest BCUT2D eigenvalue weighted by molar-refractivity contribution is -0.120. The van der Waals surface area contributed by atoms with Crippen LogP contribution in [0.25, 0.3) is 0 Å². The molecule has 0 spiro atoms. The first kappa shape index (κ1) is 13.2. The highest BCUT2D eigenvalue weighted by Gasteiger charge is 2.37. The molecule has 90 valence electrons. The number of Topliss-reactive ketones (excluding diaryl/α,β-unsaturated/α-hetero) is 1. The molecule has 0 unspecified atom stereocenters. The first-order chi connectivity index (χ1) is 7.45. The Morgan fingerprint density at radius 2 is 2.06 bits per heavy atom. The Hall–Kier alpha value is -0.850. The number of carbonyl (C=O) groups is 1. The van der Waals surface area contributed by atoms with Gasteiger partial charge >= 0.3 is 0 Å². The van der Waals surface area contributed by atoms with Gasteiger partial charge in [0.1, 0.15) is 5.78 Å². The van der Waals surface area contributed by atoms with Gasteiger partial charge in [0.2, 0.25) is 0 Å². The Balaban J connectivity index is 2.67. The minimum Gasteiger partial charge on any atom is -0.300 e. The van der Waals surface area contributed by atoms with Crippen molar-refractivity contribution in [1.29, 1.82) is 0 Å². The van der Waals surface area contributed by atoms with E-state index in [0.29, 0.717) is 23.5 Å². The maximum absolute atomic E-state index is 11.4. The summed E-state index contributed by atoms with van der Waals surface area (Å²) >= 11 is 0. The fourth-order valence-corrected chi connectivity index (χ4v) is 3.06. The number of carbonyl (C=O) groups excluding carboxylic acids is 1. The second kappa shape index (κ2) is 5.47. The largest absolute Gasteiger partial charge is 0.300 e. The van der Waals surface area contributed by atoms with Crippen molar-refractivity contribution < 1.29 is 4.79 Å². The number of rotatable bonds is 5. The van der Waals surface area contributed by atoms with Crippen molar-refractivity contribution in [3.05, 3.63) is 24.8 Å². The quantitative estimate of drug-likeness (QED) is 0.640. The molecule has 16 heavy (non-hydrogen) atoms. The van der Waals surface area contributed by atoms with Gasteiger partial charge in [0.05, 0.1) is 0 Å². The van der Waals surface area contributed by atoms with Gasteiger partial charge in [-0.1, -0.05) is 18.6 Å². The summed E-state index contributed by atoms with van der Waals surface area (Å²) in [4.78, 5) is 11.4. The van der Waals surface area contributed by atoms with Crippen molar-refractivity contribution >= 4 is 5.78 Å².